The van der Waals surface area contributed by atoms with Crippen LogP contribution in [-0.4, -0.2) is 19.3 Å². The summed E-state index contributed by atoms with van der Waals surface area (Å²) in [4.78, 5) is 0. The van der Waals surface area contributed by atoms with E-state index in [9.17, 15) is 5.11 Å². The Morgan fingerprint density at radius 2 is 1.81 bits per heavy atom. The predicted molar refractivity (Wildman–Crippen MR) is 84.4 cm³/mol. The van der Waals surface area contributed by atoms with Crippen molar-refractivity contribution in [2.45, 2.75) is 19.9 Å². The van der Waals surface area contributed by atoms with Gasteiger partial charge in [0.15, 0.2) is 0 Å². The number of hydrogen-bond donors (Lipinski definition) is 2. The minimum Gasteiger partial charge on any atom is -0.508 e. The quantitative estimate of drug-likeness (QED) is 0.876. The van der Waals surface area contributed by atoms with Crippen LogP contribution in [-0.2, 0) is 0 Å². The second kappa shape index (κ2) is 6.39. The van der Waals surface area contributed by atoms with Gasteiger partial charge in [-0.15, -0.1) is 0 Å². The highest BCUT2D eigenvalue weighted by Crippen LogP contribution is 2.32. The Hall–Kier alpha value is -2.36. The van der Waals surface area contributed by atoms with Crippen LogP contribution in [0.25, 0.3) is 0 Å². The first-order valence-corrected chi connectivity index (χ1v) is 6.83. The molecule has 4 nitrogen and oxygen atoms in total. The molecule has 2 rings (SSSR count). The number of phenolic OH excluding ortho intramolecular Hbond substituents is 1. The third kappa shape index (κ3) is 3.40. The van der Waals surface area contributed by atoms with Crippen LogP contribution in [0.2, 0.25) is 0 Å². The van der Waals surface area contributed by atoms with Gasteiger partial charge in [0.1, 0.15) is 17.2 Å². The van der Waals surface area contributed by atoms with Gasteiger partial charge in [-0.05, 0) is 37.6 Å². The summed E-state index contributed by atoms with van der Waals surface area (Å²) in [5, 5.41) is 13.1. The Morgan fingerprint density at radius 1 is 1.05 bits per heavy atom. The minimum atomic E-state index is 0.0352. The first kappa shape index (κ1) is 15.0. The molecule has 2 aromatic carbocycles. The van der Waals surface area contributed by atoms with Gasteiger partial charge in [-0.1, -0.05) is 6.07 Å². The van der Waals surface area contributed by atoms with E-state index in [2.05, 4.69) is 5.32 Å². The summed E-state index contributed by atoms with van der Waals surface area (Å²) in [7, 11) is 3.27. The zero-order valence-electron chi connectivity index (χ0n) is 12.8. The van der Waals surface area contributed by atoms with Crippen LogP contribution >= 0.6 is 0 Å². The molecule has 0 aliphatic rings. The van der Waals surface area contributed by atoms with Crippen LogP contribution in [0.5, 0.6) is 17.2 Å². The molecule has 112 valence electrons. The molecule has 0 amide bonds. The zero-order chi connectivity index (χ0) is 15.4. The van der Waals surface area contributed by atoms with Crippen LogP contribution in [0.1, 0.15) is 24.1 Å². The molecule has 0 aromatic heterocycles. The van der Waals surface area contributed by atoms with E-state index in [-0.39, 0.29) is 11.8 Å². The molecular weight excluding hydrogens is 266 g/mol. The average molecular weight is 287 g/mol. The number of methoxy groups -OCH3 is 2. The first-order chi connectivity index (χ1) is 10.0. The molecule has 0 heterocycles. The second-order valence-electron chi connectivity index (χ2n) is 4.98. The average Bonchev–Trinajstić information content (AvgIpc) is 2.50. The number of aromatic hydroxyl groups is 1. The third-order valence-corrected chi connectivity index (χ3v) is 3.50. The van der Waals surface area contributed by atoms with E-state index in [4.69, 9.17) is 9.47 Å². The van der Waals surface area contributed by atoms with Crippen LogP contribution in [0.4, 0.5) is 5.69 Å². The van der Waals surface area contributed by atoms with Gasteiger partial charge in [-0.2, -0.15) is 0 Å². The molecule has 1 unspecified atom stereocenters. The number of hydrogen-bond acceptors (Lipinski definition) is 4. The van der Waals surface area contributed by atoms with E-state index in [0.29, 0.717) is 0 Å². The SMILES string of the molecule is COc1ccc(C(C)Nc2ccc(C)c(O)c2)c(OC)c1. The van der Waals surface area contributed by atoms with Crippen LogP contribution in [0.15, 0.2) is 36.4 Å². The van der Waals surface area contributed by atoms with Crippen molar-refractivity contribution < 1.29 is 14.6 Å². The number of aryl methyl sites for hydroxylation is 1. The summed E-state index contributed by atoms with van der Waals surface area (Å²) >= 11 is 0. The maximum absolute atomic E-state index is 9.77. The lowest BCUT2D eigenvalue weighted by molar-refractivity contribution is 0.390. The van der Waals surface area contributed by atoms with Crippen LogP contribution in [0.3, 0.4) is 0 Å². The molecule has 0 aliphatic carbocycles. The monoisotopic (exact) mass is 287 g/mol. The lowest BCUT2D eigenvalue weighted by atomic mass is 10.1. The molecular formula is C17H21NO3. The van der Waals surface area contributed by atoms with E-state index in [1.54, 1.807) is 20.3 Å². The highest BCUT2D eigenvalue weighted by molar-refractivity contribution is 5.53. The molecule has 0 fully saturated rings. The van der Waals surface area contributed by atoms with Crippen molar-refractivity contribution in [3.63, 3.8) is 0 Å². The fourth-order valence-electron chi connectivity index (χ4n) is 2.20. The van der Waals surface area contributed by atoms with Gasteiger partial charge < -0.3 is 19.9 Å². The maximum atomic E-state index is 9.77. The summed E-state index contributed by atoms with van der Waals surface area (Å²) in [5.41, 5.74) is 2.75. The maximum Gasteiger partial charge on any atom is 0.127 e. The Kier molecular flexibility index (Phi) is 4.58. The first-order valence-electron chi connectivity index (χ1n) is 6.83. The molecule has 4 heteroatoms. The number of rotatable bonds is 5. The van der Waals surface area contributed by atoms with Gasteiger partial charge in [0.25, 0.3) is 0 Å². The van der Waals surface area contributed by atoms with E-state index >= 15 is 0 Å². The molecule has 0 saturated heterocycles. The van der Waals surface area contributed by atoms with E-state index in [0.717, 1.165) is 28.3 Å². The Morgan fingerprint density at radius 3 is 2.43 bits per heavy atom. The van der Waals surface area contributed by atoms with E-state index in [1.165, 1.54) is 0 Å². The highest BCUT2D eigenvalue weighted by Gasteiger charge is 2.13. The third-order valence-electron chi connectivity index (χ3n) is 3.50. The number of phenols is 1. The van der Waals surface area contributed by atoms with Gasteiger partial charge in [-0.3, -0.25) is 0 Å². The van der Waals surface area contributed by atoms with Crippen LogP contribution < -0.4 is 14.8 Å². The van der Waals surface area contributed by atoms with E-state index < -0.39 is 0 Å². The van der Waals surface area contributed by atoms with Crippen molar-refractivity contribution in [2.75, 3.05) is 19.5 Å². The Labute approximate surface area is 125 Å². The molecule has 2 N–H and O–H groups in total. The van der Waals surface area contributed by atoms with E-state index in [1.807, 2.05) is 44.2 Å². The fraction of sp³-hybridized carbons (Fsp3) is 0.294. The molecule has 0 spiro atoms. The van der Waals surface area contributed by atoms with Gasteiger partial charge in [0.2, 0.25) is 0 Å². The van der Waals surface area contributed by atoms with Crippen molar-refractivity contribution in [3.8, 4) is 17.2 Å². The number of anilines is 1. The summed E-state index contributed by atoms with van der Waals surface area (Å²) in [6.45, 7) is 3.91. The van der Waals surface area contributed by atoms with Crippen molar-refractivity contribution >= 4 is 5.69 Å². The highest BCUT2D eigenvalue weighted by atomic mass is 16.5. The number of ether oxygens (including phenoxy) is 2. The molecule has 0 aliphatic heterocycles. The number of benzene rings is 2. The molecule has 0 radical (unpaired) electrons. The number of nitrogens with one attached hydrogen (secondary N) is 1. The lowest BCUT2D eigenvalue weighted by Crippen LogP contribution is -2.08. The van der Waals surface area contributed by atoms with Crippen LogP contribution in [0, 0.1) is 6.92 Å². The summed E-state index contributed by atoms with van der Waals surface area (Å²) in [6.07, 6.45) is 0. The van der Waals surface area contributed by atoms with Gasteiger partial charge in [-0.25, -0.2) is 0 Å². The predicted octanol–water partition coefficient (Wildman–Crippen LogP) is 3.89. The normalized spacial score (nSPS) is 11.8. The fourth-order valence-corrected chi connectivity index (χ4v) is 2.20. The molecule has 0 saturated carbocycles. The van der Waals surface area contributed by atoms with Gasteiger partial charge in [0.05, 0.1) is 20.3 Å². The van der Waals surface area contributed by atoms with Crippen molar-refractivity contribution in [1.82, 2.24) is 0 Å². The topological polar surface area (TPSA) is 50.7 Å². The summed E-state index contributed by atoms with van der Waals surface area (Å²) < 4.78 is 10.6. The standard InChI is InChI=1S/C17H21NO3/c1-11-5-6-13(9-16(11)19)18-12(2)15-8-7-14(20-3)10-17(15)21-4/h5-10,12,18-19H,1-4H3. The van der Waals surface area contributed by atoms with Crippen molar-refractivity contribution in [1.29, 1.82) is 0 Å². The Balaban J connectivity index is 2.23. The van der Waals surface area contributed by atoms with Gasteiger partial charge in [0, 0.05) is 23.4 Å². The lowest BCUT2D eigenvalue weighted by Gasteiger charge is -2.19. The smallest absolute Gasteiger partial charge is 0.127 e. The Bertz CT molecular complexity index is 625. The molecule has 21 heavy (non-hydrogen) atoms. The molecule has 0 bridgehead atoms. The minimum absolute atomic E-state index is 0.0352. The summed E-state index contributed by atoms with van der Waals surface area (Å²) in [5.74, 6) is 1.82. The summed E-state index contributed by atoms with van der Waals surface area (Å²) in [6, 6.07) is 11.3. The van der Waals surface area contributed by atoms with Crippen molar-refractivity contribution in [2.24, 2.45) is 0 Å². The zero-order valence-corrected chi connectivity index (χ0v) is 12.8. The van der Waals surface area contributed by atoms with Crippen molar-refractivity contribution in [3.05, 3.63) is 47.5 Å². The van der Waals surface area contributed by atoms with Gasteiger partial charge >= 0.3 is 0 Å². The second-order valence-corrected chi connectivity index (χ2v) is 4.98. The largest absolute Gasteiger partial charge is 0.508 e. The molecule has 1 atom stereocenters. The molecule has 2 aromatic rings.